The van der Waals surface area contributed by atoms with E-state index in [2.05, 4.69) is 50.4 Å². The van der Waals surface area contributed by atoms with E-state index in [-0.39, 0.29) is 23.1 Å². The standard InChI is InChI=1S/C33H40FNO3/c1-6-27(32(36)37)31(22-10-11-22)23-9-7-8-21(16-23)20-35-25-12-14-28(24(17-25)19-33(2,3)4)29-18-26(38-5)13-15-30(29)34/h7-9,12-18,22,27,31,35H,6,10-11,19-20H2,1-5H3,(H,36,37). The van der Waals surface area contributed by atoms with Gasteiger partial charge in [-0.3, -0.25) is 4.79 Å². The highest BCUT2D eigenvalue weighted by molar-refractivity contribution is 5.73. The maximum absolute atomic E-state index is 14.9. The van der Waals surface area contributed by atoms with Gasteiger partial charge in [0.25, 0.3) is 0 Å². The summed E-state index contributed by atoms with van der Waals surface area (Å²) in [6, 6.07) is 19.3. The Balaban J connectivity index is 1.59. The fourth-order valence-electron chi connectivity index (χ4n) is 5.51. The molecule has 0 aliphatic heterocycles. The molecule has 2 unspecified atom stereocenters. The van der Waals surface area contributed by atoms with Crippen molar-refractivity contribution in [1.29, 1.82) is 0 Å². The topological polar surface area (TPSA) is 58.6 Å². The Morgan fingerprint density at radius 3 is 2.47 bits per heavy atom. The van der Waals surface area contributed by atoms with Crippen molar-refractivity contribution in [2.75, 3.05) is 12.4 Å². The number of carboxylic acids is 1. The zero-order valence-electron chi connectivity index (χ0n) is 23.2. The molecule has 0 amide bonds. The maximum Gasteiger partial charge on any atom is 0.307 e. The smallest absolute Gasteiger partial charge is 0.307 e. The Morgan fingerprint density at radius 1 is 1.08 bits per heavy atom. The lowest BCUT2D eigenvalue weighted by atomic mass is 9.80. The van der Waals surface area contributed by atoms with Crippen LogP contribution in [0.15, 0.2) is 60.7 Å². The molecule has 0 radical (unpaired) electrons. The molecule has 1 aliphatic carbocycles. The van der Waals surface area contributed by atoms with Crippen LogP contribution in [0, 0.1) is 23.1 Å². The SMILES string of the molecule is CCC(C(=O)O)C(c1cccc(CNc2ccc(-c3cc(OC)ccc3F)c(CC(C)(C)C)c2)c1)C1CC1. The average Bonchev–Trinajstić information content (AvgIpc) is 3.71. The van der Waals surface area contributed by atoms with Gasteiger partial charge in [0, 0.05) is 17.8 Å². The summed E-state index contributed by atoms with van der Waals surface area (Å²) in [5.74, 6) is -0.169. The Bertz CT molecular complexity index is 1280. The molecule has 2 atom stereocenters. The molecule has 5 heteroatoms. The molecule has 2 N–H and O–H groups in total. The van der Waals surface area contributed by atoms with Crippen LogP contribution in [0.3, 0.4) is 0 Å². The summed E-state index contributed by atoms with van der Waals surface area (Å²) in [6.45, 7) is 9.14. The molecular weight excluding hydrogens is 477 g/mol. The maximum atomic E-state index is 14.9. The first-order valence-electron chi connectivity index (χ1n) is 13.6. The summed E-state index contributed by atoms with van der Waals surface area (Å²) in [5, 5.41) is 13.4. The number of halogens is 1. The highest BCUT2D eigenvalue weighted by Crippen LogP contribution is 2.47. The van der Waals surface area contributed by atoms with Gasteiger partial charge in [0.2, 0.25) is 0 Å². The van der Waals surface area contributed by atoms with E-state index in [0.29, 0.717) is 30.2 Å². The van der Waals surface area contributed by atoms with Gasteiger partial charge in [-0.1, -0.05) is 58.0 Å². The van der Waals surface area contributed by atoms with Crippen LogP contribution in [-0.4, -0.2) is 18.2 Å². The first-order valence-corrected chi connectivity index (χ1v) is 13.6. The van der Waals surface area contributed by atoms with Crippen LogP contribution >= 0.6 is 0 Å². The van der Waals surface area contributed by atoms with Gasteiger partial charge < -0.3 is 15.2 Å². The number of ether oxygens (including phenoxy) is 1. The Kier molecular flexibility index (Phi) is 8.44. The predicted octanol–water partition coefficient (Wildman–Crippen LogP) is 8.31. The minimum atomic E-state index is -0.702. The minimum Gasteiger partial charge on any atom is -0.497 e. The van der Waals surface area contributed by atoms with Crippen molar-refractivity contribution < 1.29 is 19.0 Å². The summed E-state index contributed by atoms with van der Waals surface area (Å²) in [7, 11) is 1.59. The lowest BCUT2D eigenvalue weighted by Gasteiger charge is -2.24. The second-order valence-corrected chi connectivity index (χ2v) is 11.8. The van der Waals surface area contributed by atoms with Crippen molar-refractivity contribution in [2.24, 2.45) is 17.3 Å². The molecule has 1 saturated carbocycles. The summed E-state index contributed by atoms with van der Waals surface area (Å²) in [4.78, 5) is 11.9. The monoisotopic (exact) mass is 517 g/mol. The summed E-state index contributed by atoms with van der Waals surface area (Å²) < 4.78 is 20.2. The largest absolute Gasteiger partial charge is 0.497 e. The third-order valence-electron chi connectivity index (χ3n) is 7.44. The molecule has 202 valence electrons. The fourth-order valence-corrected chi connectivity index (χ4v) is 5.51. The summed E-state index contributed by atoms with van der Waals surface area (Å²) in [5.41, 5.74) is 5.72. The third-order valence-corrected chi connectivity index (χ3v) is 7.44. The molecule has 3 aromatic rings. The van der Waals surface area contributed by atoms with Crippen molar-refractivity contribution in [3.63, 3.8) is 0 Å². The van der Waals surface area contributed by atoms with Gasteiger partial charge in [-0.2, -0.15) is 0 Å². The van der Waals surface area contributed by atoms with E-state index < -0.39 is 5.97 Å². The van der Waals surface area contributed by atoms with Crippen molar-refractivity contribution in [3.05, 3.63) is 83.2 Å². The number of nitrogens with one attached hydrogen (secondary N) is 1. The molecule has 3 aromatic carbocycles. The van der Waals surface area contributed by atoms with Gasteiger partial charge in [0.1, 0.15) is 11.6 Å². The highest BCUT2D eigenvalue weighted by Gasteiger charge is 2.40. The van der Waals surface area contributed by atoms with Crippen LogP contribution in [0.1, 0.15) is 69.6 Å². The number of carboxylic acid groups (broad SMARTS) is 1. The van der Waals surface area contributed by atoms with Gasteiger partial charge in [-0.15, -0.1) is 0 Å². The number of benzene rings is 3. The van der Waals surface area contributed by atoms with Gasteiger partial charge in [0.15, 0.2) is 0 Å². The number of carbonyl (C=O) groups is 1. The van der Waals surface area contributed by atoms with Crippen LogP contribution in [0.2, 0.25) is 0 Å². The molecule has 0 saturated heterocycles. The number of aliphatic carboxylic acids is 1. The van der Waals surface area contributed by atoms with Crippen LogP contribution in [-0.2, 0) is 17.8 Å². The van der Waals surface area contributed by atoms with Crippen molar-refractivity contribution >= 4 is 11.7 Å². The summed E-state index contributed by atoms with van der Waals surface area (Å²) >= 11 is 0. The van der Waals surface area contributed by atoms with E-state index in [1.165, 1.54) is 6.07 Å². The average molecular weight is 518 g/mol. The Morgan fingerprint density at radius 2 is 1.84 bits per heavy atom. The van der Waals surface area contributed by atoms with Crippen molar-refractivity contribution in [1.82, 2.24) is 0 Å². The number of methoxy groups -OCH3 is 1. The zero-order valence-corrected chi connectivity index (χ0v) is 23.2. The van der Waals surface area contributed by atoms with E-state index in [4.69, 9.17) is 4.74 Å². The van der Waals surface area contributed by atoms with Gasteiger partial charge in [-0.25, -0.2) is 4.39 Å². The summed E-state index contributed by atoms with van der Waals surface area (Å²) in [6.07, 6.45) is 3.64. The molecule has 1 fully saturated rings. The zero-order chi connectivity index (χ0) is 27.4. The van der Waals surface area contributed by atoms with Gasteiger partial charge in [0.05, 0.1) is 13.0 Å². The third kappa shape index (κ3) is 6.75. The Labute approximate surface area is 226 Å². The molecule has 4 nitrogen and oxygen atoms in total. The molecule has 0 bridgehead atoms. The van der Waals surface area contributed by atoms with E-state index in [1.807, 2.05) is 25.1 Å². The van der Waals surface area contributed by atoms with Crippen LogP contribution in [0.5, 0.6) is 5.75 Å². The number of anilines is 1. The molecule has 1 aliphatic rings. The molecule has 0 heterocycles. The lowest BCUT2D eigenvalue weighted by Crippen LogP contribution is -2.23. The molecule has 0 spiro atoms. The lowest BCUT2D eigenvalue weighted by molar-refractivity contribution is -0.142. The van der Waals surface area contributed by atoms with Crippen LogP contribution < -0.4 is 10.1 Å². The highest BCUT2D eigenvalue weighted by atomic mass is 19.1. The molecule has 4 rings (SSSR count). The van der Waals surface area contributed by atoms with E-state index in [9.17, 15) is 14.3 Å². The molecule has 0 aromatic heterocycles. The second-order valence-electron chi connectivity index (χ2n) is 11.8. The Hall–Kier alpha value is -3.34. The normalized spacial score (nSPS) is 15.1. The van der Waals surface area contributed by atoms with Gasteiger partial charge in [-0.05, 0) is 95.5 Å². The van der Waals surface area contributed by atoms with Crippen molar-refractivity contribution in [2.45, 2.75) is 65.8 Å². The minimum absolute atomic E-state index is 0.0226. The number of rotatable bonds is 11. The first kappa shape index (κ1) is 27.7. The van der Waals surface area contributed by atoms with Gasteiger partial charge >= 0.3 is 5.97 Å². The number of hydrogen-bond donors (Lipinski definition) is 2. The fraction of sp³-hybridized carbons (Fsp3) is 0.424. The molecule has 38 heavy (non-hydrogen) atoms. The quantitative estimate of drug-likeness (QED) is 0.269. The predicted molar refractivity (Wildman–Crippen MR) is 152 cm³/mol. The van der Waals surface area contributed by atoms with E-state index in [0.717, 1.165) is 47.2 Å². The van der Waals surface area contributed by atoms with E-state index >= 15 is 0 Å². The molecular formula is C33H40FNO3. The van der Waals surface area contributed by atoms with Crippen molar-refractivity contribution in [3.8, 4) is 16.9 Å². The van der Waals surface area contributed by atoms with Crippen LogP contribution in [0.4, 0.5) is 10.1 Å². The van der Waals surface area contributed by atoms with E-state index in [1.54, 1.807) is 19.2 Å². The number of hydrogen-bond acceptors (Lipinski definition) is 3. The second kappa shape index (κ2) is 11.6. The van der Waals surface area contributed by atoms with Crippen LogP contribution in [0.25, 0.3) is 11.1 Å². The first-order chi connectivity index (χ1) is 18.1.